The van der Waals surface area contributed by atoms with Gasteiger partial charge in [0.1, 0.15) is 0 Å². The van der Waals surface area contributed by atoms with Crippen LogP contribution in [0.3, 0.4) is 0 Å². The summed E-state index contributed by atoms with van der Waals surface area (Å²) < 4.78 is 1.94. The van der Waals surface area contributed by atoms with E-state index in [2.05, 4.69) is 28.5 Å². The first-order chi connectivity index (χ1) is 13.1. The Morgan fingerprint density at radius 1 is 1.44 bits per heavy atom. The van der Waals surface area contributed by atoms with Crippen molar-refractivity contribution in [2.75, 3.05) is 18.8 Å². The minimum absolute atomic E-state index is 0.179. The number of aryl methyl sites for hydroxylation is 1. The van der Waals surface area contributed by atoms with Crippen LogP contribution in [0.2, 0.25) is 0 Å². The monoisotopic (exact) mass is 405 g/mol. The van der Waals surface area contributed by atoms with E-state index in [0.717, 1.165) is 29.5 Å². The van der Waals surface area contributed by atoms with Gasteiger partial charge in [-0.3, -0.25) is 9.69 Å². The van der Waals surface area contributed by atoms with Crippen LogP contribution < -0.4 is 5.32 Å². The molecule has 7 nitrogen and oxygen atoms in total. The molecule has 3 heterocycles. The first-order valence-electron chi connectivity index (χ1n) is 9.29. The van der Waals surface area contributed by atoms with Gasteiger partial charge in [0.05, 0.1) is 10.6 Å². The molecule has 1 saturated heterocycles. The summed E-state index contributed by atoms with van der Waals surface area (Å²) in [6.45, 7) is 3.22. The lowest BCUT2D eigenvalue weighted by Gasteiger charge is -2.19. The molecule has 1 aliphatic heterocycles. The number of carbonyl (C=O) groups excluding carboxylic acids is 2. The molecule has 0 spiro atoms. The molecular weight excluding hydrogens is 382 g/mol. The number of nitrogens with zero attached hydrogens (tertiary/aromatic N) is 4. The third-order valence-electron chi connectivity index (χ3n) is 5.30. The number of thioether (sulfide) groups is 1. The summed E-state index contributed by atoms with van der Waals surface area (Å²) in [5.41, 5.74) is 1.46. The largest absolute Gasteiger partial charge is 0.336 e. The summed E-state index contributed by atoms with van der Waals surface area (Å²) in [4.78, 5) is 27.6. The minimum atomic E-state index is -0.311. The van der Waals surface area contributed by atoms with E-state index < -0.39 is 0 Å². The van der Waals surface area contributed by atoms with E-state index >= 15 is 0 Å². The molecule has 144 valence electrons. The summed E-state index contributed by atoms with van der Waals surface area (Å²) in [6, 6.07) is 1.95. The normalized spacial score (nSPS) is 19.3. The van der Waals surface area contributed by atoms with Crippen molar-refractivity contribution in [3.8, 4) is 10.7 Å². The number of hydrogen-bond donors (Lipinski definition) is 1. The van der Waals surface area contributed by atoms with Crippen LogP contribution in [0.1, 0.15) is 30.2 Å². The highest BCUT2D eigenvalue weighted by Crippen LogP contribution is 2.38. The molecule has 27 heavy (non-hydrogen) atoms. The first-order valence-corrected chi connectivity index (χ1v) is 11.1. The quantitative estimate of drug-likeness (QED) is 0.774. The van der Waals surface area contributed by atoms with E-state index in [0.29, 0.717) is 18.2 Å². The second-order valence-electron chi connectivity index (χ2n) is 7.01. The number of hydrogen-bond acceptors (Lipinski definition) is 6. The third-order valence-corrected chi connectivity index (χ3v) is 7.54. The third kappa shape index (κ3) is 3.62. The van der Waals surface area contributed by atoms with Crippen LogP contribution in [0.15, 0.2) is 11.2 Å². The summed E-state index contributed by atoms with van der Waals surface area (Å²) in [7, 11) is 1.93. The maximum Gasteiger partial charge on any atom is 0.324 e. The molecule has 0 radical (unpaired) electrons. The molecule has 2 aromatic heterocycles. The van der Waals surface area contributed by atoms with Crippen molar-refractivity contribution in [3.63, 3.8) is 0 Å². The van der Waals surface area contributed by atoms with Gasteiger partial charge in [-0.2, -0.15) is 0 Å². The van der Waals surface area contributed by atoms with Gasteiger partial charge in [0.25, 0.3) is 0 Å². The second kappa shape index (κ2) is 7.63. The van der Waals surface area contributed by atoms with Crippen LogP contribution in [-0.4, -0.2) is 50.4 Å². The molecule has 2 aromatic rings. The summed E-state index contributed by atoms with van der Waals surface area (Å²) in [6.07, 6.45) is 4.83. The maximum atomic E-state index is 12.2. The smallest absolute Gasteiger partial charge is 0.324 e. The van der Waals surface area contributed by atoms with Gasteiger partial charge in [-0.05, 0) is 36.8 Å². The van der Waals surface area contributed by atoms with E-state index in [1.165, 1.54) is 39.9 Å². The Morgan fingerprint density at radius 3 is 3.04 bits per heavy atom. The Kier molecular flexibility index (Phi) is 5.23. The topological polar surface area (TPSA) is 80.1 Å². The lowest BCUT2D eigenvalue weighted by Crippen LogP contribution is -2.35. The van der Waals surface area contributed by atoms with Gasteiger partial charge in [-0.25, -0.2) is 4.79 Å². The Bertz CT molecular complexity index is 875. The van der Waals surface area contributed by atoms with Gasteiger partial charge >= 0.3 is 6.03 Å². The fraction of sp³-hybridized carbons (Fsp3) is 0.556. The number of fused-ring (bicyclic) bond motifs is 1. The van der Waals surface area contributed by atoms with Crippen molar-refractivity contribution in [1.29, 1.82) is 0 Å². The number of carbonyl (C=O) groups is 2. The lowest BCUT2D eigenvalue weighted by molar-refractivity contribution is -0.124. The highest BCUT2D eigenvalue weighted by Gasteiger charge is 2.27. The van der Waals surface area contributed by atoms with E-state index in [1.54, 1.807) is 0 Å². The number of aromatic nitrogens is 3. The molecular formula is C18H23N5O2S2. The van der Waals surface area contributed by atoms with Crippen molar-refractivity contribution in [2.24, 2.45) is 13.0 Å². The molecule has 3 amide bonds. The fourth-order valence-corrected chi connectivity index (χ4v) is 5.64. The molecule has 0 aromatic carbocycles. The van der Waals surface area contributed by atoms with E-state index in [9.17, 15) is 9.59 Å². The van der Waals surface area contributed by atoms with Crippen molar-refractivity contribution in [1.82, 2.24) is 25.0 Å². The van der Waals surface area contributed by atoms with Gasteiger partial charge in [0.2, 0.25) is 5.91 Å². The van der Waals surface area contributed by atoms with Crippen molar-refractivity contribution < 1.29 is 9.59 Å². The lowest BCUT2D eigenvalue weighted by atomic mass is 9.87. The summed E-state index contributed by atoms with van der Waals surface area (Å²) in [5, 5.41) is 11.9. The average Bonchev–Trinajstić information content (AvgIpc) is 3.37. The highest BCUT2D eigenvalue weighted by molar-refractivity contribution is 7.99. The molecule has 1 aliphatic carbocycles. The molecule has 1 N–H and O–H groups in total. The predicted octanol–water partition coefficient (Wildman–Crippen LogP) is 2.70. The summed E-state index contributed by atoms with van der Waals surface area (Å²) in [5.74, 6) is 1.62. The van der Waals surface area contributed by atoms with Gasteiger partial charge in [-0.15, -0.1) is 21.5 Å². The molecule has 0 unspecified atom stereocenters. The van der Waals surface area contributed by atoms with Crippen LogP contribution in [-0.2, 0) is 24.7 Å². The van der Waals surface area contributed by atoms with Gasteiger partial charge < -0.3 is 9.88 Å². The number of urea groups is 1. The average molecular weight is 406 g/mol. The minimum Gasteiger partial charge on any atom is -0.336 e. The molecule has 0 bridgehead atoms. The zero-order chi connectivity index (χ0) is 19.0. The van der Waals surface area contributed by atoms with Crippen molar-refractivity contribution in [2.45, 2.75) is 37.8 Å². The van der Waals surface area contributed by atoms with Crippen LogP contribution in [0.5, 0.6) is 0 Å². The standard InChI is InChI=1S/C18H23N5O2S2/c1-3-11-4-5-13-12(8-11)9-14(27-13)16-20-21-18(22(16)2)26-10-15(24)23-7-6-19-17(23)25/h9,11H,3-8,10H2,1-2H3,(H,19,25)/t11-/m0/s1. The number of rotatable bonds is 5. The number of thiophene rings is 1. The fourth-order valence-electron chi connectivity index (χ4n) is 3.63. The first kappa shape index (κ1) is 18.5. The van der Waals surface area contributed by atoms with E-state index in [4.69, 9.17) is 0 Å². The van der Waals surface area contributed by atoms with Crippen molar-refractivity contribution >= 4 is 35.0 Å². The van der Waals surface area contributed by atoms with Crippen molar-refractivity contribution in [3.05, 3.63) is 16.5 Å². The van der Waals surface area contributed by atoms with E-state index in [1.807, 2.05) is 23.0 Å². The Labute approximate surface area is 166 Å². The zero-order valence-electron chi connectivity index (χ0n) is 15.5. The molecule has 2 aliphatic rings. The van der Waals surface area contributed by atoms with Gasteiger partial charge in [0, 0.05) is 25.0 Å². The second-order valence-corrected chi connectivity index (χ2v) is 9.09. The van der Waals surface area contributed by atoms with E-state index in [-0.39, 0.29) is 17.7 Å². The Morgan fingerprint density at radius 2 is 2.30 bits per heavy atom. The molecule has 0 saturated carbocycles. The van der Waals surface area contributed by atoms with Crippen LogP contribution >= 0.6 is 23.1 Å². The summed E-state index contributed by atoms with van der Waals surface area (Å²) >= 11 is 3.13. The van der Waals surface area contributed by atoms with Gasteiger partial charge in [0.15, 0.2) is 11.0 Å². The van der Waals surface area contributed by atoms with Crippen LogP contribution in [0, 0.1) is 5.92 Å². The Hall–Kier alpha value is -1.87. The number of imide groups is 1. The zero-order valence-corrected chi connectivity index (χ0v) is 17.2. The number of nitrogens with one attached hydrogen (secondary N) is 1. The van der Waals surface area contributed by atoms with Gasteiger partial charge in [-0.1, -0.05) is 25.1 Å². The Balaban J connectivity index is 1.46. The number of amides is 3. The van der Waals surface area contributed by atoms with Crippen LogP contribution in [0.4, 0.5) is 4.79 Å². The maximum absolute atomic E-state index is 12.2. The molecule has 4 rings (SSSR count). The molecule has 1 fully saturated rings. The molecule has 9 heteroatoms. The van der Waals surface area contributed by atoms with Crippen LogP contribution in [0.25, 0.3) is 10.7 Å². The SMILES string of the molecule is CC[C@H]1CCc2sc(-c3nnc(SCC(=O)N4CCNC4=O)n3C)cc2C1. The predicted molar refractivity (Wildman–Crippen MR) is 106 cm³/mol. The highest BCUT2D eigenvalue weighted by atomic mass is 32.2. The molecule has 1 atom stereocenters.